The van der Waals surface area contributed by atoms with Crippen molar-refractivity contribution in [2.75, 3.05) is 45.9 Å². The zero-order valence-electron chi connectivity index (χ0n) is 13.2. The quantitative estimate of drug-likeness (QED) is 0.688. The van der Waals surface area contributed by atoms with Gasteiger partial charge >= 0.3 is 0 Å². The summed E-state index contributed by atoms with van der Waals surface area (Å²) in [6.45, 7) is 6.41. The maximum atomic E-state index is 11.9. The minimum absolute atomic E-state index is 0.230. The van der Waals surface area contributed by atoms with Gasteiger partial charge in [0.2, 0.25) is 5.91 Å². The van der Waals surface area contributed by atoms with Gasteiger partial charge in [-0.1, -0.05) is 0 Å². The summed E-state index contributed by atoms with van der Waals surface area (Å²) < 4.78 is 5.33. The molecule has 0 aromatic rings. The first kappa shape index (κ1) is 16.7. The molecule has 1 heterocycles. The van der Waals surface area contributed by atoms with Crippen molar-refractivity contribution in [3.05, 3.63) is 0 Å². The van der Waals surface area contributed by atoms with E-state index in [1.165, 1.54) is 25.7 Å². The number of hydrogen-bond donors (Lipinski definition) is 2. The topological polar surface area (TPSA) is 67.6 Å². The lowest BCUT2D eigenvalue weighted by Gasteiger charge is -2.27. The van der Waals surface area contributed by atoms with E-state index in [9.17, 15) is 4.79 Å². The third-order valence-corrected chi connectivity index (χ3v) is 4.85. The first-order valence-electron chi connectivity index (χ1n) is 8.55. The van der Waals surface area contributed by atoms with E-state index < -0.39 is 0 Å². The van der Waals surface area contributed by atoms with Crippen molar-refractivity contribution in [3.8, 4) is 0 Å². The molecule has 21 heavy (non-hydrogen) atoms. The molecule has 1 saturated carbocycles. The Hall–Kier alpha value is -0.650. The Morgan fingerprint density at radius 1 is 1.14 bits per heavy atom. The number of nitrogens with one attached hydrogen (secondary N) is 1. The summed E-state index contributed by atoms with van der Waals surface area (Å²) in [4.78, 5) is 14.4. The molecule has 2 fully saturated rings. The Balaban J connectivity index is 1.49. The number of rotatable bonds is 7. The molecule has 0 aromatic heterocycles. The van der Waals surface area contributed by atoms with Crippen LogP contribution in [0.3, 0.4) is 0 Å². The number of nitrogens with zero attached hydrogens (tertiary/aromatic N) is 1. The molecule has 1 amide bonds. The summed E-state index contributed by atoms with van der Waals surface area (Å²) in [6.07, 6.45) is 6.48. The predicted octanol–water partition coefficient (Wildman–Crippen LogP) is 0.980. The predicted molar refractivity (Wildman–Crippen MR) is 84.0 cm³/mol. The average molecular weight is 297 g/mol. The number of hydrogen-bond acceptors (Lipinski definition) is 4. The SMILES string of the molecule is NCC1CCC(CC(=O)NCCCN2CCOCC2)CC1. The van der Waals surface area contributed by atoms with Crippen LogP contribution in [0.5, 0.6) is 0 Å². The number of ether oxygens (including phenoxy) is 1. The van der Waals surface area contributed by atoms with Gasteiger partial charge < -0.3 is 15.8 Å². The van der Waals surface area contributed by atoms with Crippen LogP contribution in [-0.4, -0.2) is 56.7 Å². The second-order valence-corrected chi connectivity index (χ2v) is 6.48. The summed E-state index contributed by atoms with van der Waals surface area (Å²) in [6, 6.07) is 0. The van der Waals surface area contributed by atoms with Crippen molar-refractivity contribution in [1.82, 2.24) is 10.2 Å². The molecule has 5 nitrogen and oxygen atoms in total. The van der Waals surface area contributed by atoms with Gasteiger partial charge in [0.05, 0.1) is 13.2 Å². The Labute approximate surface area is 128 Å². The molecule has 2 rings (SSSR count). The summed E-state index contributed by atoms with van der Waals surface area (Å²) in [7, 11) is 0. The highest BCUT2D eigenvalue weighted by Crippen LogP contribution is 2.29. The van der Waals surface area contributed by atoms with Crippen LogP contribution in [0.15, 0.2) is 0 Å². The summed E-state index contributed by atoms with van der Waals surface area (Å²) in [5, 5.41) is 3.07. The van der Waals surface area contributed by atoms with Crippen molar-refractivity contribution < 1.29 is 9.53 Å². The van der Waals surface area contributed by atoms with Gasteiger partial charge in [-0.2, -0.15) is 0 Å². The van der Waals surface area contributed by atoms with Gasteiger partial charge in [0, 0.05) is 26.1 Å². The van der Waals surface area contributed by atoms with Gasteiger partial charge in [-0.3, -0.25) is 9.69 Å². The largest absolute Gasteiger partial charge is 0.379 e. The lowest BCUT2D eigenvalue weighted by atomic mass is 9.80. The van der Waals surface area contributed by atoms with Crippen LogP contribution in [0.25, 0.3) is 0 Å². The number of amides is 1. The van der Waals surface area contributed by atoms with Gasteiger partial charge in [0.25, 0.3) is 0 Å². The van der Waals surface area contributed by atoms with Gasteiger partial charge in [-0.05, 0) is 57.0 Å². The van der Waals surface area contributed by atoms with Crippen LogP contribution in [0.2, 0.25) is 0 Å². The molecule has 3 N–H and O–H groups in total. The first-order valence-corrected chi connectivity index (χ1v) is 8.55. The molecule has 0 atom stereocenters. The molecule has 1 aliphatic heterocycles. The Kier molecular flexibility index (Phi) is 7.47. The molecule has 0 radical (unpaired) electrons. The Morgan fingerprint density at radius 2 is 1.81 bits per heavy atom. The second-order valence-electron chi connectivity index (χ2n) is 6.48. The minimum atomic E-state index is 0.230. The van der Waals surface area contributed by atoms with Gasteiger partial charge in [0.15, 0.2) is 0 Å². The van der Waals surface area contributed by atoms with E-state index in [1.807, 2.05) is 0 Å². The van der Waals surface area contributed by atoms with Crippen LogP contribution in [0, 0.1) is 11.8 Å². The number of nitrogens with two attached hydrogens (primary N) is 1. The van der Waals surface area contributed by atoms with Gasteiger partial charge in [-0.15, -0.1) is 0 Å². The smallest absolute Gasteiger partial charge is 0.220 e. The third kappa shape index (κ3) is 6.32. The maximum Gasteiger partial charge on any atom is 0.220 e. The molecule has 1 saturated heterocycles. The fourth-order valence-corrected chi connectivity index (χ4v) is 3.36. The number of morpholine rings is 1. The zero-order chi connectivity index (χ0) is 14.9. The number of carbonyl (C=O) groups is 1. The van der Waals surface area contributed by atoms with E-state index in [4.69, 9.17) is 10.5 Å². The highest BCUT2D eigenvalue weighted by Gasteiger charge is 2.22. The third-order valence-electron chi connectivity index (χ3n) is 4.85. The van der Waals surface area contributed by atoms with Gasteiger partial charge in [-0.25, -0.2) is 0 Å². The molecule has 2 aliphatic rings. The molecule has 0 spiro atoms. The van der Waals surface area contributed by atoms with E-state index in [0.29, 0.717) is 18.3 Å². The fraction of sp³-hybridized carbons (Fsp3) is 0.938. The molecule has 1 aliphatic carbocycles. The standard InChI is InChI=1S/C16H31N3O2/c17-13-15-4-2-14(3-5-15)12-16(20)18-6-1-7-19-8-10-21-11-9-19/h14-15H,1-13,17H2,(H,18,20). The molecule has 0 aromatic carbocycles. The second kappa shape index (κ2) is 9.38. The molecular formula is C16H31N3O2. The summed E-state index contributed by atoms with van der Waals surface area (Å²) in [5.74, 6) is 1.50. The van der Waals surface area contributed by atoms with Crippen LogP contribution < -0.4 is 11.1 Å². The molecule has 0 bridgehead atoms. The van der Waals surface area contributed by atoms with E-state index in [2.05, 4.69) is 10.2 Å². The van der Waals surface area contributed by atoms with Crippen LogP contribution in [0.1, 0.15) is 38.5 Å². The lowest BCUT2D eigenvalue weighted by Crippen LogP contribution is -2.38. The maximum absolute atomic E-state index is 11.9. The lowest BCUT2D eigenvalue weighted by molar-refractivity contribution is -0.122. The van der Waals surface area contributed by atoms with E-state index in [0.717, 1.165) is 52.4 Å². The monoisotopic (exact) mass is 297 g/mol. The Bertz CT molecular complexity index is 298. The van der Waals surface area contributed by atoms with Crippen LogP contribution in [0.4, 0.5) is 0 Å². The minimum Gasteiger partial charge on any atom is -0.379 e. The first-order chi connectivity index (χ1) is 10.3. The van der Waals surface area contributed by atoms with Crippen molar-refractivity contribution in [2.45, 2.75) is 38.5 Å². The Morgan fingerprint density at radius 3 is 2.48 bits per heavy atom. The average Bonchev–Trinajstić information content (AvgIpc) is 2.53. The van der Waals surface area contributed by atoms with Crippen LogP contribution >= 0.6 is 0 Å². The summed E-state index contributed by atoms with van der Waals surface area (Å²) in [5.41, 5.74) is 5.70. The highest BCUT2D eigenvalue weighted by molar-refractivity contribution is 5.76. The van der Waals surface area contributed by atoms with Crippen molar-refractivity contribution in [3.63, 3.8) is 0 Å². The fourth-order valence-electron chi connectivity index (χ4n) is 3.36. The number of carbonyl (C=O) groups excluding carboxylic acids is 1. The normalized spacial score (nSPS) is 27.5. The zero-order valence-corrected chi connectivity index (χ0v) is 13.2. The van der Waals surface area contributed by atoms with Crippen LogP contribution in [-0.2, 0) is 9.53 Å². The van der Waals surface area contributed by atoms with Gasteiger partial charge in [0.1, 0.15) is 0 Å². The molecule has 0 unspecified atom stereocenters. The molecule has 5 heteroatoms. The molecule has 122 valence electrons. The molecular weight excluding hydrogens is 266 g/mol. The highest BCUT2D eigenvalue weighted by atomic mass is 16.5. The van der Waals surface area contributed by atoms with Crippen molar-refractivity contribution in [1.29, 1.82) is 0 Å². The summed E-state index contributed by atoms with van der Waals surface area (Å²) >= 11 is 0. The van der Waals surface area contributed by atoms with E-state index in [-0.39, 0.29) is 5.91 Å². The van der Waals surface area contributed by atoms with E-state index in [1.54, 1.807) is 0 Å². The van der Waals surface area contributed by atoms with Crippen molar-refractivity contribution in [2.24, 2.45) is 17.6 Å². The van der Waals surface area contributed by atoms with E-state index >= 15 is 0 Å². The van der Waals surface area contributed by atoms with Crippen molar-refractivity contribution >= 4 is 5.91 Å².